The van der Waals surface area contributed by atoms with Gasteiger partial charge in [0, 0.05) is 0 Å². The van der Waals surface area contributed by atoms with Gasteiger partial charge in [-0.15, -0.1) is 0 Å². The summed E-state index contributed by atoms with van der Waals surface area (Å²) in [4.78, 5) is -0.0360. The zero-order valence-corrected chi connectivity index (χ0v) is 7.65. The number of nitrogens with two attached hydrogens (primary N) is 2. The van der Waals surface area contributed by atoms with E-state index in [9.17, 15) is 0 Å². The van der Waals surface area contributed by atoms with E-state index in [1.54, 1.807) is 6.07 Å². The zero-order valence-electron chi connectivity index (χ0n) is 6.83. The molecule has 4 nitrogen and oxygen atoms in total. The first-order valence-corrected chi connectivity index (χ1v) is 3.86. The molecule has 0 aliphatic rings. The van der Waals surface area contributed by atoms with E-state index in [-0.39, 0.29) is 16.4 Å². The highest BCUT2D eigenvalue weighted by Crippen LogP contribution is 2.00. The fourth-order valence-electron chi connectivity index (χ4n) is 0.516. The highest BCUT2D eigenvalue weighted by atomic mass is 32.1. The predicted molar refractivity (Wildman–Crippen MR) is 49.9 cm³/mol. The zero-order chi connectivity index (χ0) is 9.56. The molecule has 0 aromatic carbocycles. The number of hydrogen-bond donors (Lipinski definition) is 2. The second-order valence-electron chi connectivity index (χ2n) is 2.06. The van der Waals surface area contributed by atoms with E-state index in [0.717, 1.165) is 6.42 Å². The smallest absolute Gasteiger partial charge is 0.205 e. The largest absolute Gasteiger partial charge is 0.478 e. The number of hydrogen-bond acceptors (Lipinski definition) is 4. The van der Waals surface area contributed by atoms with Gasteiger partial charge in [-0.05, 0) is 6.42 Å². The Balaban J connectivity index is 4.42. The lowest BCUT2D eigenvalue weighted by Crippen LogP contribution is -2.17. The second kappa shape index (κ2) is 5.38. The molecule has 0 fully saturated rings. The van der Waals surface area contributed by atoms with Crippen LogP contribution in [0.15, 0.2) is 11.5 Å². The standard InChI is InChI=1S/C7H11N3OS/c1-2-3-11-6(9)5(4-8)7(10)12/h2-3,9H2,1H3,(H2,10,12)/b6-5+. The van der Waals surface area contributed by atoms with E-state index >= 15 is 0 Å². The van der Waals surface area contributed by atoms with Crippen LogP contribution in [0.3, 0.4) is 0 Å². The first kappa shape index (κ1) is 10.7. The molecular formula is C7H11N3OS. The summed E-state index contributed by atoms with van der Waals surface area (Å²) in [6.07, 6.45) is 0.816. The van der Waals surface area contributed by atoms with Crippen LogP contribution in [0.4, 0.5) is 0 Å². The Morgan fingerprint density at radius 2 is 2.17 bits per heavy atom. The number of nitriles is 1. The lowest BCUT2D eigenvalue weighted by atomic mass is 10.3. The molecule has 0 aliphatic carbocycles. The molecule has 0 saturated heterocycles. The van der Waals surface area contributed by atoms with Gasteiger partial charge in [-0.3, -0.25) is 0 Å². The normalized spacial score (nSPS) is 11.3. The topological polar surface area (TPSA) is 85.1 Å². The number of rotatable bonds is 4. The molecule has 0 saturated carbocycles. The first-order chi connectivity index (χ1) is 5.63. The van der Waals surface area contributed by atoms with Crippen LogP contribution in [0.25, 0.3) is 0 Å². The van der Waals surface area contributed by atoms with Crippen LogP contribution in [-0.4, -0.2) is 11.6 Å². The van der Waals surface area contributed by atoms with E-state index in [1.165, 1.54) is 0 Å². The third-order valence-electron chi connectivity index (χ3n) is 1.07. The summed E-state index contributed by atoms with van der Waals surface area (Å²) in [5.74, 6) is 0.00634. The third kappa shape index (κ3) is 3.21. The van der Waals surface area contributed by atoms with E-state index in [0.29, 0.717) is 6.61 Å². The van der Waals surface area contributed by atoms with Crippen molar-refractivity contribution < 1.29 is 4.74 Å². The molecular weight excluding hydrogens is 174 g/mol. The van der Waals surface area contributed by atoms with Gasteiger partial charge in [0.25, 0.3) is 0 Å². The fourth-order valence-corrected chi connectivity index (χ4v) is 0.662. The van der Waals surface area contributed by atoms with Crippen molar-refractivity contribution in [2.45, 2.75) is 13.3 Å². The van der Waals surface area contributed by atoms with Crippen LogP contribution in [0.2, 0.25) is 0 Å². The second-order valence-corrected chi connectivity index (χ2v) is 2.50. The van der Waals surface area contributed by atoms with Crippen LogP contribution < -0.4 is 11.5 Å². The summed E-state index contributed by atoms with van der Waals surface area (Å²) in [5.41, 5.74) is 10.6. The summed E-state index contributed by atoms with van der Waals surface area (Å²) in [7, 11) is 0. The Morgan fingerprint density at radius 3 is 2.50 bits per heavy atom. The van der Waals surface area contributed by atoms with Crippen molar-refractivity contribution in [3.8, 4) is 6.07 Å². The molecule has 0 unspecified atom stereocenters. The summed E-state index contributed by atoms with van der Waals surface area (Å²) in [5, 5.41) is 8.53. The van der Waals surface area contributed by atoms with Gasteiger partial charge in [0.2, 0.25) is 5.88 Å². The van der Waals surface area contributed by atoms with Crippen molar-refractivity contribution in [3.63, 3.8) is 0 Å². The average Bonchev–Trinajstić information content (AvgIpc) is 2.01. The molecule has 0 atom stereocenters. The molecule has 0 radical (unpaired) electrons. The van der Waals surface area contributed by atoms with Crippen molar-refractivity contribution in [2.75, 3.05) is 6.61 Å². The lowest BCUT2D eigenvalue weighted by molar-refractivity contribution is 0.209. The highest BCUT2D eigenvalue weighted by Gasteiger charge is 2.06. The molecule has 0 aromatic heterocycles. The maximum Gasteiger partial charge on any atom is 0.205 e. The van der Waals surface area contributed by atoms with E-state index in [1.807, 2.05) is 6.92 Å². The van der Waals surface area contributed by atoms with Gasteiger partial charge in [-0.2, -0.15) is 5.26 Å². The summed E-state index contributed by atoms with van der Waals surface area (Å²) in [6, 6.07) is 1.77. The molecule has 66 valence electrons. The van der Waals surface area contributed by atoms with Gasteiger partial charge < -0.3 is 16.2 Å². The molecule has 0 heterocycles. The van der Waals surface area contributed by atoms with E-state index in [2.05, 4.69) is 12.2 Å². The molecule has 0 bridgehead atoms. The van der Waals surface area contributed by atoms with Crippen LogP contribution >= 0.6 is 12.2 Å². The fraction of sp³-hybridized carbons (Fsp3) is 0.429. The molecule has 0 aromatic rings. The maximum atomic E-state index is 8.53. The summed E-state index contributed by atoms with van der Waals surface area (Å²) < 4.78 is 4.97. The molecule has 4 N–H and O–H groups in total. The number of nitrogens with zero attached hydrogens (tertiary/aromatic N) is 1. The molecule has 0 aliphatic heterocycles. The van der Waals surface area contributed by atoms with Gasteiger partial charge in [-0.1, -0.05) is 19.1 Å². The van der Waals surface area contributed by atoms with Crippen LogP contribution in [-0.2, 0) is 4.74 Å². The van der Waals surface area contributed by atoms with Crippen molar-refractivity contribution >= 4 is 17.2 Å². The molecule has 5 heteroatoms. The average molecular weight is 185 g/mol. The molecule has 12 heavy (non-hydrogen) atoms. The quantitative estimate of drug-likeness (QED) is 0.286. The van der Waals surface area contributed by atoms with Crippen LogP contribution in [0.1, 0.15) is 13.3 Å². The van der Waals surface area contributed by atoms with E-state index in [4.69, 9.17) is 21.5 Å². The van der Waals surface area contributed by atoms with Crippen molar-refractivity contribution in [3.05, 3.63) is 11.5 Å². The third-order valence-corrected chi connectivity index (χ3v) is 1.27. The van der Waals surface area contributed by atoms with Gasteiger partial charge >= 0.3 is 0 Å². The summed E-state index contributed by atoms with van der Waals surface area (Å²) in [6.45, 7) is 2.39. The van der Waals surface area contributed by atoms with Crippen molar-refractivity contribution in [2.24, 2.45) is 11.5 Å². The maximum absolute atomic E-state index is 8.53. The van der Waals surface area contributed by atoms with Gasteiger partial charge in [-0.25, -0.2) is 0 Å². The minimum atomic E-state index is -0.0360. The van der Waals surface area contributed by atoms with Crippen molar-refractivity contribution in [1.29, 1.82) is 5.26 Å². The molecule has 0 rings (SSSR count). The minimum absolute atomic E-state index is 0.00634. The molecule has 0 spiro atoms. The van der Waals surface area contributed by atoms with Crippen molar-refractivity contribution in [1.82, 2.24) is 0 Å². The Labute approximate surface area is 76.8 Å². The SMILES string of the molecule is CCCO/C(N)=C(\C#N)C(N)=S. The number of ether oxygens (including phenoxy) is 1. The van der Waals surface area contributed by atoms with Crippen LogP contribution in [0, 0.1) is 11.3 Å². The summed E-state index contributed by atoms with van der Waals surface area (Å²) >= 11 is 4.58. The minimum Gasteiger partial charge on any atom is -0.478 e. The van der Waals surface area contributed by atoms with E-state index < -0.39 is 0 Å². The van der Waals surface area contributed by atoms with Crippen LogP contribution in [0.5, 0.6) is 0 Å². The number of thiocarbonyl (C=S) groups is 1. The Morgan fingerprint density at radius 1 is 1.58 bits per heavy atom. The highest BCUT2D eigenvalue weighted by molar-refractivity contribution is 7.80. The lowest BCUT2D eigenvalue weighted by Gasteiger charge is -2.05. The Bertz CT molecular complexity index is 242. The molecule has 0 amide bonds. The Kier molecular flexibility index (Phi) is 4.81. The monoisotopic (exact) mass is 185 g/mol. The Hall–Kier alpha value is -1.28. The van der Waals surface area contributed by atoms with Gasteiger partial charge in [0.1, 0.15) is 16.6 Å². The van der Waals surface area contributed by atoms with Gasteiger partial charge in [0.15, 0.2) is 0 Å². The predicted octanol–water partition coefficient (Wildman–Crippen LogP) is 0.393. The van der Waals surface area contributed by atoms with Gasteiger partial charge in [0.05, 0.1) is 6.61 Å². The first-order valence-electron chi connectivity index (χ1n) is 3.45.